The van der Waals surface area contributed by atoms with Crippen LogP contribution in [0.25, 0.3) is 0 Å². The lowest BCUT2D eigenvalue weighted by atomic mass is 10.1. The lowest BCUT2D eigenvalue weighted by Gasteiger charge is -2.09. The molecule has 0 aromatic heterocycles. The highest BCUT2D eigenvalue weighted by Gasteiger charge is 2.14. The maximum absolute atomic E-state index is 12.6. The first-order valence-electron chi connectivity index (χ1n) is 4.56. The van der Waals surface area contributed by atoms with Crippen LogP contribution in [0.1, 0.15) is 24.2 Å². The van der Waals surface area contributed by atoms with Gasteiger partial charge in [-0.15, -0.1) is 0 Å². The molecule has 0 amide bonds. The third kappa shape index (κ3) is 2.64. The molecular formula is C11H13FO2. The second-order valence-corrected chi connectivity index (χ2v) is 2.97. The van der Waals surface area contributed by atoms with Gasteiger partial charge in [0.15, 0.2) is 5.78 Å². The molecule has 76 valence electrons. The normalized spacial score (nSPS) is 12.5. The van der Waals surface area contributed by atoms with Crippen molar-refractivity contribution >= 4 is 5.78 Å². The van der Waals surface area contributed by atoms with Gasteiger partial charge in [0.1, 0.15) is 11.9 Å². The van der Waals surface area contributed by atoms with Crippen LogP contribution in [0.4, 0.5) is 4.39 Å². The van der Waals surface area contributed by atoms with Crippen LogP contribution in [0.2, 0.25) is 0 Å². The predicted molar refractivity (Wildman–Crippen MR) is 51.8 cm³/mol. The van der Waals surface area contributed by atoms with E-state index < -0.39 is 6.10 Å². The fourth-order valence-corrected chi connectivity index (χ4v) is 1.17. The molecular weight excluding hydrogens is 183 g/mol. The summed E-state index contributed by atoms with van der Waals surface area (Å²) in [7, 11) is 0. The maximum Gasteiger partial charge on any atom is 0.191 e. The van der Waals surface area contributed by atoms with Crippen LogP contribution < -0.4 is 0 Å². The number of benzene rings is 1. The minimum absolute atomic E-state index is 0.119. The van der Waals surface area contributed by atoms with Crippen LogP contribution in [-0.2, 0) is 4.74 Å². The maximum atomic E-state index is 12.6. The number of carbonyl (C=O) groups is 1. The number of ether oxygens (including phenoxy) is 1. The van der Waals surface area contributed by atoms with Gasteiger partial charge in [0.25, 0.3) is 0 Å². The van der Waals surface area contributed by atoms with E-state index in [-0.39, 0.29) is 11.6 Å². The van der Waals surface area contributed by atoms with Crippen LogP contribution >= 0.6 is 0 Å². The summed E-state index contributed by atoms with van der Waals surface area (Å²) in [5.74, 6) is -0.461. The third-order valence-electron chi connectivity index (χ3n) is 1.91. The van der Waals surface area contributed by atoms with E-state index in [1.807, 2.05) is 6.92 Å². The quantitative estimate of drug-likeness (QED) is 0.691. The van der Waals surface area contributed by atoms with Crippen LogP contribution in [0, 0.1) is 5.82 Å². The van der Waals surface area contributed by atoms with Gasteiger partial charge >= 0.3 is 0 Å². The van der Waals surface area contributed by atoms with Crippen LogP contribution in [0.5, 0.6) is 0 Å². The minimum atomic E-state index is -0.467. The molecule has 2 nitrogen and oxygen atoms in total. The van der Waals surface area contributed by atoms with Crippen LogP contribution in [-0.4, -0.2) is 18.5 Å². The van der Waals surface area contributed by atoms with E-state index >= 15 is 0 Å². The second kappa shape index (κ2) is 4.86. The molecule has 0 radical (unpaired) electrons. The molecule has 0 saturated heterocycles. The highest BCUT2D eigenvalue weighted by Crippen LogP contribution is 2.07. The van der Waals surface area contributed by atoms with Gasteiger partial charge in [0.2, 0.25) is 0 Å². The van der Waals surface area contributed by atoms with E-state index in [0.29, 0.717) is 12.2 Å². The Balaban J connectivity index is 2.74. The summed E-state index contributed by atoms with van der Waals surface area (Å²) in [5, 5.41) is 0. The Morgan fingerprint density at radius 1 is 1.43 bits per heavy atom. The summed E-state index contributed by atoms with van der Waals surface area (Å²) in [6.45, 7) is 4.01. The second-order valence-electron chi connectivity index (χ2n) is 2.97. The first kappa shape index (κ1) is 10.9. The molecule has 0 bridgehead atoms. The summed E-state index contributed by atoms with van der Waals surface area (Å²) in [6.07, 6.45) is -0.467. The van der Waals surface area contributed by atoms with E-state index in [0.717, 1.165) is 0 Å². The molecule has 14 heavy (non-hydrogen) atoms. The first-order valence-corrected chi connectivity index (χ1v) is 4.56. The van der Waals surface area contributed by atoms with Crippen LogP contribution in [0.15, 0.2) is 24.3 Å². The minimum Gasteiger partial charge on any atom is -0.371 e. The molecule has 1 rings (SSSR count). The number of Topliss-reactive ketones (excluding diaryl/α,β-unsaturated/α-hetero) is 1. The average molecular weight is 196 g/mol. The Morgan fingerprint density at radius 2 is 2.00 bits per heavy atom. The van der Waals surface area contributed by atoms with Crippen molar-refractivity contribution in [3.63, 3.8) is 0 Å². The SMILES string of the molecule is CCOC(C)C(=O)c1ccc(F)cc1. The summed E-state index contributed by atoms with van der Waals surface area (Å²) in [6, 6.07) is 5.47. The Kier molecular flexibility index (Phi) is 3.77. The molecule has 0 N–H and O–H groups in total. The molecule has 0 spiro atoms. The molecule has 0 aliphatic rings. The topological polar surface area (TPSA) is 26.3 Å². The Bertz CT molecular complexity index is 306. The van der Waals surface area contributed by atoms with Gasteiger partial charge < -0.3 is 4.74 Å². The number of halogens is 1. The van der Waals surface area contributed by atoms with Crippen molar-refractivity contribution in [1.82, 2.24) is 0 Å². The molecule has 0 saturated carbocycles. The zero-order valence-electron chi connectivity index (χ0n) is 8.29. The van der Waals surface area contributed by atoms with Crippen molar-refractivity contribution in [1.29, 1.82) is 0 Å². The number of carbonyl (C=O) groups excluding carboxylic acids is 1. The van der Waals surface area contributed by atoms with Gasteiger partial charge in [-0.1, -0.05) is 0 Å². The van der Waals surface area contributed by atoms with E-state index in [2.05, 4.69) is 0 Å². The van der Waals surface area contributed by atoms with Crippen molar-refractivity contribution in [2.24, 2.45) is 0 Å². The number of hydrogen-bond acceptors (Lipinski definition) is 2. The van der Waals surface area contributed by atoms with E-state index in [9.17, 15) is 9.18 Å². The number of hydrogen-bond donors (Lipinski definition) is 0. The zero-order valence-corrected chi connectivity index (χ0v) is 8.29. The predicted octanol–water partition coefficient (Wildman–Crippen LogP) is 2.43. The molecule has 3 heteroatoms. The van der Waals surface area contributed by atoms with Gasteiger partial charge in [-0.3, -0.25) is 4.79 Å². The molecule has 0 aliphatic heterocycles. The first-order chi connectivity index (χ1) is 6.65. The van der Waals surface area contributed by atoms with Gasteiger partial charge in [0.05, 0.1) is 0 Å². The molecule has 1 aromatic rings. The molecule has 0 fully saturated rings. The van der Waals surface area contributed by atoms with Crippen molar-refractivity contribution in [3.05, 3.63) is 35.6 Å². The number of rotatable bonds is 4. The summed E-state index contributed by atoms with van der Waals surface area (Å²) in [4.78, 5) is 11.6. The molecule has 1 unspecified atom stereocenters. The summed E-state index contributed by atoms with van der Waals surface area (Å²) < 4.78 is 17.7. The molecule has 0 aliphatic carbocycles. The Morgan fingerprint density at radius 3 is 2.50 bits per heavy atom. The highest BCUT2D eigenvalue weighted by atomic mass is 19.1. The lowest BCUT2D eigenvalue weighted by molar-refractivity contribution is 0.0520. The summed E-state index contributed by atoms with van der Waals surface area (Å²) >= 11 is 0. The monoisotopic (exact) mass is 196 g/mol. The molecule has 0 heterocycles. The van der Waals surface area contributed by atoms with Crippen molar-refractivity contribution in [2.75, 3.05) is 6.61 Å². The van der Waals surface area contributed by atoms with Crippen molar-refractivity contribution in [3.8, 4) is 0 Å². The Labute approximate surface area is 82.7 Å². The van der Waals surface area contributed by atoms with Crippen molar-refractivity contribution in [2.45, 2.75) is 20.0 Å². The van der Waals surface area contributed by atoms with Gasteiger partial charge in [-0.05, 0) is 38.1 Å². The molecule has 1 atom stereocenters. The lowest BCUT2D eigenvalue weighted by Crippen LogP contribution is -2.20. The fourth-order valence-electron chi connectivity index (χ4n) is 1.17. The fraction of sp³-hybridized carbons (Fsp3) is 0.364. The van der Waals surface area contributed by atoms with Gasteiger partial charge in [0, 0.05) is 12.2 Å². The van der Waals surface area contributed by atoms with E-state index in [4.69, 9.17) is 4.74 Å². The van der Waals surface area contributed by atoms with E-state index in [1.165, 1.54) is 24.3 Å². The third-order valence-corrected chi connectivity index (χ3v) is 1.91. The van der Waals surface area contributed by atoms with Gasteiger partial charge in [-0.2, -0.15) is 0 Å². The molecule has 1 aromatic carbocycles. The zero-order chi connectivity index (χ0) is 10.6. The van der Waals surface area contributed by atoms with Gasteiger partial charge in [-0.25, -0.2) is 4.39 Å². The van der Waals surface area contributed by atoms with Crippen molar-refractivity contribution < 1.29 is 13.9 Å². The van der Waals surface area contributed by atoms with Crippen LogP contribution in [0.3, 0.4) is 0 Å². The largest absolute Gasteiger partial charge is 0.371 e. The average Bonchev–Trinajstić information content (AvgIpc) is 2.18. The highest BCUT2D eigenvalue weighted by molar-refractivity contribution is 5.99. The number of ketones is 1. The standard InChI is InChI=1S/C11H13FO2/c1-3-14-8(2)11(13)9-4-6-10(12)7-5-9/h4-8H,3H2,1-2H3. The Hall–Kier alpha value is -1.22. The summed E-state index contributed by atoms with van der Waals surface area (Å²) in [5.41, 5.74) is 0.479. The smallest absolute Gasteiger partial charge is 0.191 e. The van der Waals surface area contributed by atoms with E-state index in [1.54, 1.807) is 6.92 Å².